The maximum Gasteiger partial charge on any atom is 0.317 e. The lowest BCUT2D eigenvalue weighted by Crippen LogP contribution is -2.42. The third kappa shape index (κ3) is 5.04. The van der Waals surface area contributed by atoms with Gasteiger partial charge in [-0.3, -0.25) is 9.78 Å². The van der Waals surface area contributed by atoms with E-state index in [1.54, 1.807) is 35.5 Å². The summed E-state index contributed by atoms with van der Waals surface area (Å²) >= 11 is 0. The van der Waals surface area contributed by atoms with Crippen LogP contribution in [0.25, 0.3) is 0 Å². The van der Waals surface area contributed by atoms with E-state index >= 15 is 0 Å². The standard InChI is InChI=1S/C19H24N4O2/c1-3-23(14(2)17-8-5-10-21-13-17)19(25)22-11-9-15-6-4-7-16(12-15)18(20)24/h4-8,10,12-14H,3,9,11H2,1-2H3,(H2,20,24)(H,22,25). The molecule has 0 spiro atoms. The summed E-state index contributed by atoms with van der Waals surface area (Å²) in [5, 5.41) is 2.93. The van der Waals surface area contributed by atoms with Crippen LogP contribution in [0.3, 0.4) is 0 Å². The summed E-state index contributed by atoms with van der Waals surface area (Å²) < 4.78 is 0. The number of benzene rings is 1. The van der Waals surface area contributed by atoms with Crippen LogP contribution in [0.1, 0.15) is 41.4 Å². The molecule has 1 aromatic carbocycles. The zero-order valence-electron chi connectivity index (χ0n) is 14.6. The Morgan fingerprint density at radius 3 is 2.72 bits per heavy atom. The monoisotopic (exact) mass is 340 g/mol. The molecule has 1 unspecified atom stereocenters. The van der Waals surface area contributed by atoms with E-state index in [2.05, 4.69) is 10.3 Å². The van der Waals surface area contributed by atoms with Crippen LogP contribution < -0.4 is 11.1 Å². The Hall–Kier alpha value is -2.89. The molecule has 0 aliphatic heterocycles. The highest BCUT2D eigenvalue weighted by Gasteiger charge is 2.19. The molecule has 0 aliphatic rings. The Morgan fingerprint density at radius 1 is 1.28 bits per heavy atom. The smallest absolute Gasteiger partial charge is 0.317 e. The molecule has 6 heteroatoms. The maximum atomic E-state index is 12.5. The summed E-state index contributed by atoms with van der Waals surface area (Å²) in [7, 11) is 0. The molecule has 0 saturated carbocycles. The molecule has 0 saturated heterocycles. The van der Waals surface area contributed by atoms with Gasteiger partial charge in [-0.15, -0.1) is 0 Å². The first kappa shape index (κ1) is 18.4. The number of amides is 3. The lowest BCUT2D eigenvalue weighted by Gasteiger charge is -2.28. The van der Waals surface area contributed by atoms with E-state index in [1.807, 2.05) is 32.0 Å². The summed E-state index contributed by atoms with van der Waals surface area (Å²) in [6, 6.07) is 10.8. The Morgan fingerprint density at radius 2 is 2.08 bits per heavy atom. The number of rotatable bonds is 7. The van der Waals surface area contributed by atoms with Crippen molar-refractivity contribution in [1.29, 1.82) is 0 Å². The molecule has 2 rings (SSSR count). The molecular formula is C19H24N4O2. The highest BCUT2D eigenvalue weighted by atomic mass is 16.2. The van der Waals surface area contributed by atoms with E-state index in [0.29, 0.717) is 25.1 Å². The van der Waals surface area contributed by atoms with Crippen LogP contribution in [0.5, 0.6) is 0 Å². The predicted octanol–water partition coefficient (Wildman–Crippen LogP) is 2.52. The number of carbonyl (C=O) groups excluding carboxylic acids is 2. The SMILES string of the molecule is CCN(C(=O)NCCc1cccc(C(N)=O)c1)C(C)c1cccnc1. The van der Waals surface area contributed by atoms with Crippen molar-refractivity contribution in [3.05, 3.63) is 65.5 Å². The zero-order chi connectivity index (χ0) is 18.2. The normalized spacial score (nSPS) is 11.6. The Balaban J connectivity index is 1.92. The molecule has 1 heterocycles. The molecule has 1 aromatic heterocycles. The molecule has 3 N–H and O–H groups in total. The number of hydrogen-bond donors (Lipinski definition) is 2. The minimum atomic E-state index is -0.451. The average molecular weight is 340 g/mol. The Kier molecular flexibility index (Phi) is 6.51. The molecule has 0 fully saturated rings. The van der Waals surface area contributed by atoms with Gasteiger partial charge in [0, 0.05) is 31.0 Å². The van der Waals surface area contributed by atoms with Crippen molar-refractivity contribution in [3.8, 4) is 0 Å². The van der Waals surface area contributed by atoms with Crippen molar-refractivity contribution < 1.29 is 9.59 Å². The number of pyridine rings is 1. The minimum Gasteiger partial charge on any atom is -0.366 e. The van der Waals surface area contributed by atoms with E-state index < -0.39 is 5.91 Å². The summed E-state index contributed by atoms with van der Waals surface area (Å²) in [5.74, 6) is -0.451. The second kappa shape index (κ2) is 8.82. The van der Waals surface area contributed by atoms with Crippen LogP contribution >= 0.6 is 0 Å². The first-order valence-electron chi connectivity index (χ1n) is 8.36. The quantitative estimate of drug-likeness (QED) is 0.812. The number of nitrogens with one attached hydrogen (secondary N) is 1. The van der Waals surface area contributed by atoms with Crippen molar-refractivity contribution in [3.63, 3.8) is 0 Å². The Labute approximate surface area is 148 Å². The van der Waals surface area contributed by atoms with Gasteiger partial charge < -0.3 is 16.0 Å². The number of urea groups is 1. The highest BCUT2D eigenvalue weighted by molar-refractivity contribution is 5.92. The van der Waals surface area contributed by atoms with Gasteiger partial charge in [-0.25, -0.2) is 4.79 Å². The molecule has 0 radical (unpaired) electrons. The fraction of sp³-hybridized carbons (Fsp3) is 0.316. The van der Waals surface area contributed by atoms with Crippen molar-refractivity contribution in [2.45, 2.75) is 26.3 Å². The van der Waals surface area contributed by atoms with Gasteiger partial charge in [0.1, 0.15) is 0 Å². The molecule has 0 bridgehead atoms. The number of primary amides is 1. The first-order valence-corrected chi connectivity index (χ1v) is 8.36. The number of hydrogen-bond acceptors (Lipinski definition) is 3. The van der Waals surface area contributed by atoms with E-state index in [4.69, 9.17) is 5.73 Å². The second-order valence-corrected chi connectivity index (χ2v) is 5.79. The fourth-order valence-electron chi connectivity index (χ4n) is 2.69. The van der Waals surface area contributed by atoms with Crippen LogP contribution in [-0.4, -0.2) is 34.9 Å². The molecule has 132 valence electrons. The van der Waals surface area contributed by atoms with Gasteiger partial charge in [-0.05, 0) is 49.6 Å². The van der Waals surface area contributed by atoms with E-state index in [1.165, 1.54) is 0 Å². The van der Waals surface area contributed by atoms with Gasteiger partial charge in [0.2, 0.25) is 5.91 Å². The molecular weight excluding hydrogens is 316 g/mol. The number of nitrogens with zero attached hydrogens (tertiary/aromatic N) is 2. The average Bonchev–Trinajstić information content (AvgIpc) is 2.63. The van der Waals surface area contributed by atoms with Crippen LogP contribution in [0.15, 0.2) is 48.8 Å². The van der Waals surface area contributed by atoms with E-state index in [0.717, 1.165) is 11.1 Å². The van der Waals surface area contributed by atoms with Crippen LogP contribution in [-0.2, 0) is 6.42 Å². The van der Waals surface area contributed by atoms with E-state index in [9.17, 15) is 9.59 Å². The van der Waals surface area contributed by atoms with Gasteiger partial charge in [0.25, 0.3) is 0 Å². The molecule has 2 aromatic rings. The van der Waals surface area contributed by atoms with Crippen LogP contribution in [0.2, 0.25) is 0 Å². The van der Waals surface area contributed by atoms with Crippen molar-refractivity contribution in [1.82, 2.24) is 15.2 Å². The van der Waals surface area contributed by atoms with Crippen molar-refractivity contribution >= 4 is 11.9 Å². The first-order chi connectivity index (χ1) is 12.0. The van der Waals surface area contributed by atoms with Crippen molar-refractivity contribution in [2.24, 2.45) is 5.73 Å². The lowest BCUT2D eigenvalue weighted by molar-refractivity contribution is 0.1000. The highest BCUT2D eigenvalue weighted by Crippen LogP contribution is 2.18. The summed E-state index contributed by atoms with van der Waals surface area (Å²) in [5.41, 5.74) is 7.71. The minimum absolute atomic E-state index is 0.0584. The third-order valence-corrected chi connectivity index (χ3v) is 4.14. The number of carbonyl (C=O) groups is 2. The van der Waals surface area contributed by atoms with Crippen LogP contribution in [0, 0.1) is 0 Å². The Bertz CT molecular complexity index is 718. The predicted molar refractivity (Wildman–Crippen MR) is 97.1 cm³/mol. The molecule has 6 nitrogen and oxygen atoms in total. The molecule has 1 atom stereocenters. The number of nitrogens with two attached hydrogens (primary N) is 1. The maximum absolute atomic E-state index is 12.5. The third-order valence-electron chi connectivity index (χ3n) is 4.14. The number of aromatic nitrogens is 1. The van der Waals surface area contributed by atoms with Gasteiger partial charge in [-0.2, -0.15) is 0 Å². The fourth-order valence-corrected chi connectivity index (χ4v) is 2.69. The topological polar surface area (TPSA) is 88.3 Å². The van der Waals surface area contributed by atoms with Gasteiger partial charge in [0.05, 0.1) is 6.04 Å². The van der Waals surface area contributed by atoms with Gasteiger partial charge >= 0.3 is 6.03 Å². The van der Waals surface area contributed by atoms with Gasteiger partial charge in [0.15, 0.2) is 0 Å². The molecule has 0 aliphatic carbocycles. The van der Waals surface area contributed by atoms with Crippen molar-refractivity contribution in [2.75, 3.05) is 13.1 Å². The summed E-state index contributed by atoms with van der Waals surface area (Å²) in [6.45, 7) is 5.01. The summed E-state index contributed by atoms with van der Waals surface area (Å²) in [6.07, 6.45) is 4.12. The second-order valence-electron chi connectivity index (χ2n) is 5.79. The largest absolute Gasteiger partial charge is 0.366 e. The molecule has 3 amide bonds. The van der Waals surface area contributed by atoms with E-state index in [-0.39, 0.29) is 12.1 Å². The summed E-state index contributed by atoms with van der Waals surface area (Å²) in [4.78, 5) is 29.6. The lowest BCUT2D eigenvalue weighted by atomic mass is 10.1. The molecule has 25 heavy (non-hydrogen) atoms. The van der Waals surface area contributed by atoms with Gasteiger partial charge in [-0.1, -0.05) is 18.2 Å². The zero-order valence-corrected chi connectivity index (χ0v) is 14.6. The van der Waals surface area contributed by atoms with Crippen LogP contribution in [0.4, 0.5) is 4.79 Å².